The van der Waals surface area contributed by atoms with E-state index < -0.39 is 6.10 Å². The lowest BCUT2D eigenvalue weighted by atomic mass is 9.80. The lowest BCUT2D eigenvalue weighted by molar-refractivity contribution is -0.102. The van der Waals surface area contributed by atoms with Gasteiger partial charge in [-0.25, -0.2) is 0 Å². The van der Waals surface area contributed by atoms with Gasteiger partial charge in [0, 0.05) is 24.1 Å². The summed E-state index contributed by atoms with van der Waals surface area (Å²) in [5.41, 5.74) is 0.838. The Bertz CT molecular complexity index is 462. The van der Waals surface area contributed by atoms with Crippen molar-refractivity contribution in [1.82, 2.24) is 4.98 Å². The molecule has 0 aromatic carbocycles. The first-order valence-electron chi connectivity index (χ1n) is 7.12. The van der Waals surface area contributed by atoms with Gasteiger partial charge in [0.1, 0.15) is 5.75 Å². The van der Waals surface area contributed by atoms with Crippen LogP contribution in [-0.4, -0.2) is 40.9 Å². The number of ether oxygens (including phenoxy) is 2. The molecule has 20 heavy (non-hydrogen) atoms. The Morgan fingerprint density at radius 2 is 2.50 bits per heavy atom. The molecule has 3 atom stereocenters. The van der Waals surface area contributed by atoms with Crippen molar-refractivity contribution in [2.24, 2.45) is 5.92 Å². The molecule has 0 bridgehead atoms. The number of aliphatic hydroxyl groups excluding tert-OH is 1. The first-order valence-corrected chi connectivity index (χ1v) is 8.27. The predicted octanol–water partition coefficient (Wildman–Crippen LogP) is 2.43. The van der Waals surface area contributed by atoms with Crippen LogP contribution < -0.4 is 4.74 Å². The van der Waals surface area contributed by atoms with Gasteiger partial charge in [-0.15, -0.1) is 0 Å². The summed E-state index contributed by atoms with van der Waals surface area (Å²) >= 11 is 1.96. The SMILES string of the molecule is COc1cnccc1C(O)C1CCOC2(CCSC2)C1. The highest BCUT2D eigenvalue weighted by molar-refractivity contribution is 7.99. The molecule has 0 amide bonds. The molecular weight excluding hydrogens is 274 g/mol. The highest BCUT2D eigenvalue weighted by Crippen LogP contribution is 2.44. The molecule has 0 aliphatic carbocycles. The van der Waals surface area contributed by atoms with Crippen molar-refractivity contribution in [2.75, 3.05) is 25.2 Å². The number of thioether (sulfide) groups is 1. The molecule has 3 unspecified atom stereocenters. The quantitative estimate of drug-likeness (QED) is 0.928. The fraction of sp³-hybridized carbons (Fsp3) is 0.667. The van der Waals surface area contributed by atoms with Crippen LogP contribution in [-0.2, 0) is 4.74 Å². The van der Waals surface area contributed by atoms with Crippen molar-refractivity contribution in [3.05, 3.63) is 24.0 Å². The van der Waals surface area contributed by atoms with Gasteiger partial charge in [0.2, 0.25) is 0 Å². The van der Waals surface area contributed by atoms with E-state index in [1.165, 1.54) is 5.75 Å². The molecule has 2 fully saturated rings. The Hall–Kier alpha value is -0.780. The summed E-state index contributed by atoms with van der Waals surface area (Å²) < 4.78 is 11.3. The normalized spacial score (nSPS) is 31.4. The van der Waals surface area contributed by atoms with E-state index in [0.29, 0.717) is 5.75 Å². The van der Waals surface area contributed by atoms with Crippen molar-refractivity contribution in [2.45, 2.75) is 31.0 Å². The number of rotatable bonds is 3. The van der Waals surface area contributed by atoms with Crippen LogP contribution in [0.25, 0.3) is 0 Å². The minimum atomic E-state index is -0.501. The number of methoxy groups -OCH3 is 1. The van der Waals surface area contributed by atoms with E-state index in [-0.39, 0.29) is 11.5 Å². The zero-order valence-corrected chi connectivity index (χ0v) is 12.6. The molecule has 110 valence electrons. The van der Waals surface area contributed by atoms with Gasteiger partial charge >= 0.3 is 0 Å². The average Bonchev–Trinajstić information content (AvgIpc) is 2.94. The van der Waals surface area contributed by atoms with E-state index in [1.54, 1.807) is 19.5 Å². The highest BCUT2D eigenvalue weighted by atomic mass is 32.2. The minimum Gasteiger partial charge on any atom is -0.495 e. The Morgan fingerprint density at radius 1 is 1.60 bits per heavy atom. The molecule has 1 spiro atoms. The van der Waals surface area contributed by atoms with Crippen molar-refractivity contribution in [3.63, 3.8) is 0 Å². The lowest BCUT2D eigenvalue weighted by Gasteiger charge is -2.39. The molecule has 5 heteroatoms. The molecular formula is C15H21NO3S. The fourth-order valence-electron chi connectivity index (χ4n) is 3.26. The molecule has 2 saturated heterocycles. The van der Waals surface area contributed by atoms with Gasteiger partial charge in [-0.05, 0) is 37.0 Å². The van der Waals surface area contributed by atoms with Crippen molar-refractivity contribution in [1.29, 1.82) is 0 Å². The maximum Gasteiger partial charge on any atom is 0.142 e. The number of pyridine rings is 1. The third-order valence-corrected chi connectivity index (χ3v) is 5.62. The van der Waals surface area contributed by atoms with Gasteiger partial charge in [0.15, 0.2) is 0 Å². The Morgan fingerprint density at radius 3 is 3.25 bits per heavy atom. The van der Waals surface area contributed by atoms with Gasteiger partial charge in [-0.3, -0.25) is 4.98 Å². The molecule has 2 aliphatic heterocycles. The zero-order chi connectivity index (χ0) is 14.0. The summed E-state index contributed by atoms with van der Waals surface area (Å²) in [7, 11) is 1.62. The molecule has 3 heterocycles. The molecule has 1 N–H and O–H groups in total. The third-order valence-electron chi connectivity index (χ3n) is 4.40. The number of aromatic nitrogens is 1. The molecule has 1 aromatic rings. The van der Waals surface area contributed by atoms with Crippen molar-refractivity contribution >= 4 is 11.8 Å². The summed E-state index contributed by atoms with van der Waals surface area (Å²) in [6.45, 7) is 0.746. The molecule has 0 radical (unpaired) electrons. The minimum absolute atomic E-state index is 0.00513. The molecule has 2 aliphatic rings. The van der Waals surface area contributed by atoms with E-state index in [2.05, 4.69) is 4.98 Å². The highest BCUT2D eigenvalue weighted by Gasteiger charge is 2.42. The van der Waals surface area contributed by atoms with Crippen LogP contribution in [0.2, 0.25) is 0 Å². The second kappa shape index (κ2) is 5.92. The summed E-state index contributed by atoms with van der Waals surface area (Å²) in [5.74, 6) is 3.13. The number of nitrogens with zero attached hydrogens (tertiary/aromatic N) is 1. The van der Waals surface area contributed by atoms with Crippen LogP contribution in [0.15, 0.2) is 18.5 Å². The summed E-state index contributed by atoms with van der Waals surface area (Å²) in [4.78, 5) is 4.05. The van der Waals surface area contributed by atoms with E-state index in [0.717, 1.165) is 37.2 Å². The van der Waals surface area contributed by atoms with Gasteiger partial charge in [0.25, 0.3) is 0 Å². The van der Waals surface area contributed by atoms with Crippen LogP contribution in [0, 0.1) is 5.92 Å². The Kier molecular flexibility index (Phi) is 4.19. The summed E-state index contributed by atoms with van der Waals surface area (Å²) in [6.07, 6.45) is 5.82. The van der Waals surface area contributed by atoms with E-state index >= 15 is 0 Å². The van der Waals surface area contributed by atoms with Gasteiger partial charge in [-0.2, -0.15) is 11.8 Å². The number of hydrogen-bond donors (Lipinski definition) is 1. The predicted molar refractivity (Wildman–Crippen MR) is 79.1 cm³/mol. The second-order valence-corrected chi connectivity index (χ2v) is 6.75. The summed E-state index contributed by atoms with van der Waals surface area (Å²) in [5, 5.41) is 10.7. The second-order valence-electron chi connectivity index (χ2n) is 5.65. The van der Waals surface area contributed by atoms with Crippen LogP contribution in [0.3, 0.4) is 0 Å². The van der Waals surface area contributed by atoms with Gasteiger partial charge in [0.05, 0.1) is 25.0 Å². The largest absolute Gasteiger partial charge is 0.495 e. The van der Waals surface area contributed by atoms with Crippen molar-refractivity contribution < 1.29 is 14.6 Å². The van der Waals surface area contributed by atoms with Crippen LogP contribution in [0.1, 0.15) is 30.9 Å². The molecule has 3 rings (SSSR count). The van der Waals surface area contributed by atoms with Crippen LogP contribution >= 0.6 is 11.8 Å². The fourth-order valence-corrected chi connectivity index (χ4v) is 4.64. The van der Waals surface area contributed by atoms with E-state index in [4.69, 9.17) is 9.47 Å². The maximum absolute atomic E-state index is 10.7. The number of aliphatic hydroxyl groups is 1. The van der Waals surface area contributed by atoms with E-state index in [1.807, 2.05) is 17.8 Å². The topological polar surface area (TPSA) is 51.6 Å². The van der Waals surface area contributed by atoms with Crippen molar-refractivity contribution in [3.8, 4) is 5.75 Å². The average molecular weight is 295 g/mol. The first-order chi connectivity index (χ1) is 9.74. The monoisotopic (exact) mass is 295 g/mol. The Balaban J connectivity index is 1.77. The zero-order valence-electron chi connectivity index (χ0n) is 11.7. The van der Waals surface area contributed by atoms with Gasteiger partial charge in [-0.1, -0.05) is 0 Å². The van der Waals surface area contributed by atoms with Crippen LogP contribution in [0.5, 0.6) is 5.75 Å². The Labute approximate surface area is 123 Å². The van der Waals surface area contributed by atoms with E-state index in [9.17, 15) is 5.11 Å². The molecule has 0 saturated carbocycles. The standard InChI is InChI=1S/C15H21NO3S/c1-18-13-9-16-5-2-12(13)14(17)11-3-6-19-15(8-11)4-7-20-10-15/h2,5,9,11,14,17H,3-4,6-8,10H2,1H3. The third kappa shape index (κ3) is 2.67. The molecule has 4 nitrogen and oxygen atoms in total. The van der Waals surface area contributed by atoms with Crippen LogP contribution in [0.4, 0.5) is 0 Å². The number of hydrogen-bond acceptors (Lipinski definition) is 5. The summed E-state index contributed by atoms with van der Waals surface area (Å²) in [6, 6.07) is 1.86. The molecule has 1 aromatic heterocycles. The van der Waals surface area contributed by atoms with Gasteiger partial charge < -0.3 is 14.6 Å². The smallest absolute Gasteiger partial charge is 0.142 e. The lowest BCUT2D eigenvalue weighted by Crippen LogP contribution is -2.41. The maximum atomic E-state index is 10.7. The first kappa shape index (κ1) is 14.2.